The molecule has 1 aliphatic heterocycles. The van der Waals surface area contributed by atoms with Crippen molar-refractivity contribution in [1.82, 2.24) is 14.7 Å². The Labute approximate surface area is 137 Å². The first kappa shape index (κ1) is 13.8. The average Bonchev–Trinajstić information content (AvgIpc) is 2.99. The Morgan fingerprint density at radius 2 is 1.73 bits per heavy atom. The number of anilines is 1. The van der Waals surface area contributed by atoms with Gasteiger partial charge in [0.15, 0.2) is 0 Å². The van der Waals surface area contributed by atoms with Crippen molar-refractivity contribution >= 4 is 27.3 Å². The average molecular weight is 357 g/mol. The predicted octanol–water partition coefficient (Wildman–Crippen LogP) is 3.17. The summed E-state index contributed by atoms with van der Waals surface area (Å²) in [6.07, 6.45) is 4.28. The van der Waals surface area contributed by atoms with Gasteiger partial charge in [-0.3, -0.25) is 0 Å². The number of rotatable bonds is 2. The number of nitrogens with zero attached hydrogens (tertiary/aromatic N) is 3. The summed E-state index contributed by atoms with van der Waals surface area (Å²) in [5, 5.41) is 3.39. The maximum absolute atomic E-state index is 4.72. The zero-order valence-corrected chi connectivity index (χ0v) is 13.8. The normalized spacial score (nSPS) is 15.4. The van der Waals surface area contributed by atoms with Gasteiger partial charge in [-0.1, -0.05) is 28.1 Å². The number of nitrogens with one attached hydrogen (secondary N) is 1. The highest BCUT2D eigenvalue weighted by molar-refractivity contribution is 9.10. The number of hydrogen-bond donors (Lipinski definition) is 1. The molecular formula is C17H17BrN4. The van der Waals surface area contributed by atoms with Crippen LogP contribution in [0.25, 0.3) is 16.9 Å². The SMILES string of the molecule is Brc1ccc(-c2cn3cc(N4CCNCC4)ccc3n2)cc1. The fraction of sp³-hybridized carbons (Fsp3) is 0.235. The zero-order valence-electron chi connectivity index (χ0n) is 12.2. The van der Waals surface area contributed by atoms with E-state index in [1.807, 2.05) is 12.1 Å². The van der Waals surface area contributed by atoms with E-state index in [1.165, 1.54) is 5.69 Å². The fourth-order valence-corrected chi connectivity index (χ4v) is 3.11. The lowest BCUT2D eigenvalue weighted by Gasteiger charge is -2.29. The second kappa shape index (κ2) is 5.74. The minimum atomic E-state index is 0.983. The molecule has 4 rings (SSSR count). The number of hydrogen-bond acceptors (Lipinski definition) is 3. The molecule has 0 saturated carbocycles. The lowest BCUT2D eigenvalue weighted by atomic mass is 10.2. The molecule has 1 aliphatic rings. The highest BCUT2D eigenvalue weighted by Gasteiger charge is 2.12. The molecule has 4 nitrogen and oxygen atoms in total. The Hall–Kier alpha value is -1.85. The van der Waals surface area contributed by atoms with Crippen molar-refractivity contribution in [2.45, 2.75) is 0 Å². The van der Waals surface area contributed by atoms with Crippen LogP contribution in [0.1, 0.15) is 0 Å². The highest BCUT2D eigenvalue weighted by Crippen LogP contribution is 2.23. The number of halogens is 1. The van der Waals surface area contributed by atoms with Gasteiger partial charge in [0, 0.05) is 48.6 Å². The molecule has 0 spiro atoms. The highest BCUT2D eigenvalue weighted by atomic mass is 79.9. The monoisotopic (exact) mass is 356 g/mol. The molecule has 2 aromatic heterocycles. The third-order valence-electron chi connectivity index (χ3n) is 4.06. The van der Waals surface area contributed by atoms with Crippen LogP contribution >= 0.6 is 15.9 Å². The maximum Gasteiger partial charge on any atom is 0.137 e. The molecule has 0 unspecified atom stereocenters. The molecule has 0 bridgehead atoms. The van der Waals surface area contributed by atoms with Gasteiger partial charge >= 0.3 is 0 Å². The number of imidazole rings is 1. The Kier molecular flexibility index (Phi) is 3.60. The van der Waals surface area contributed by atoms with Gasteiger partial charge < -0.3 is 14.6 Å². The van der Waals surface area contributed by atoms with Crippen molar-refractivity contribution in [3.05, 3.63) is 53.3 Å². The second-order valence-corrected chi connectivity index (χ2v) is 6.44. The molecule has 0 atom stereocenters. The van der Waals surface area contributed by atoms with Crippen LogP contribution in [0.2, 0.25) is 0 Å². The van der Waals surface area contributed by atoms with E-state index in [-0.39, 0.29) is 0 Å². The van der Waals surface area contributed by atoms with Crippen molar-refractivity contribution in [1.29, 1.82) is 0 Å². The molecule has 1 aromatic carbocycles. The smallest absolute Gasteiger partial charge is 0.137 e. The quantitative estimate of drug-likeness (QED) is 0.765. The van der Waals surface area contributed by atoms with E-state index in [1.54, 1.807) is 0 Å². The summed E-state index contributed by atoms with van der Waals surface area (Å²) < 4.78 is 3.20. The summed E-state index contributed by atoms with van der Waals surface area (Å²) in [5.74, 6) is 0. The molecule has 1 N–H and O–H groups in total. The van der Waals surface area contributed by atoms with Crippen LogP contribution in [0.5, 0.6) is 0 Å². The number of pyridine rings is 1. The number of fused-ring (bicyclic) bond motifs is 1. The summed E-state index contributed by atoms with van der Waals surface area (Å²) in [6.45, 7) is 4.21. The Balaban J connectivity index is 1.69. The molecule has 1 fully saturated rings. The van der Waals surface area contributed by atoms with Gasteiger partial charge in [-0.25, -0.2) is 4.98 Å². The predicted molar refractivity (Wildman–Crippen MR) is 93.4 cm³/mol. The summed E-state index contributed by atoms with van der Waals surface area (Å²) in [7, 11) is 0. The third kappa shape index (κ3) is 2.62. The van der Waals surface area contributed by atoms with Crippen LogP contribution in [0.4, 0.5) is 5.69 Å². The van der Waals surface area contributed by atoms with Gasteiger partial charge in [0.05, 0.1) is 11.4 Å². The molecule has 0 radical (unpaired) electrons. The first-order valence-electron chi connectivity index (χ1n) is 7.50. The van der Waals surface area contributed by atoms with Crippen LogP contribution in [0.3, 0.4) is 0 Å². The topological polar surface area (TPSA) is 32.6 Å². The standard InChI is InChI=1S/C17H17BrN4/c18-14-3-1-13(2-4-14)16-12-22-11-15(5-6-17(22)20-16)21-9-7-19-8-10-21/h1-6,11-12,19H,7-10H2. The number of piperazine rings is 1. The molecule has 3 heterocycles. The minimum absolute atomic E-state index is 0.983. The van der Waals surface area contributed by atoms with Crippen molar-refractivity contribution in [3.8, 4) is 11.3 Å². The van der Waals surface area contributed by atoms with E-state index in [0.717, 1.165) is 47.6 Å². The molecule has 0 amide bonds. The summed E-state index contributed by atoms with van der Waals surface area (Å²) in [4.78, 5) is 7.13. The van der Waals surface area contributed by atoms with Crippen molar-refractivity contribution in [2.75, 3.05) is 31.1 Å². The largest absolute Gasteiger partial charge is 0.368 e. The lowest BCUT2D eigenvalue weighted by molar-refractivity contribution is 0.588. The first-order valence-corrected chi connectivity index (χ1v) is 8.29. The van der Waals surface area contributed by atoms with Gasteiger partial charge in [-0.05, 0) is 24.3 Å². The van der Waals surface area contributed by atoms with Crippen LogP contribution in [0, 0.1) is 0 Å². The summed E-state index contributed by atoms with van der Waals surface area (Å²) in [5.41, 5.74) is 4.38. The number of benzene rings is 1. The van der Waals surface area contributed by atoms with E-state index in [9.17, 15) is 0 Å². The van der Waals surface area contributed by atoms with Gasteiger partial charge in [-0.2, -0.15) is 0 Å². The fourth-order valence-electron chi connectivity index (χ4n) is 2.85. The Bertz CT molecular complexity index is 788. The van der Waals surface area contributed by atoms with Crippen LogP contribution in [-0.4, -0.2) is 35.6 Å². The Morgan fingerprint density at radius 3 is 2.50 bits per heavy atom. The third-order valence-corrected chi connectivity index (χ3v) is 4.59. The van der Waals surface area contributed by atoms with E-state index in [4.69, 9.17) is 4.98 Å². The Morgan fingerprint density at radius 1 is 0.955 bits per heavy atom. The second-order valence-electron chi connectivity index (χ2n) is 5.52. The van der Waals surface area contributed by atoms with E-state index >= 15 is 0 Å². The van der Waals surface area contributed by atoms with Crippen LogP contribution < -0.4 is 10.2 Å². The van der Waals surface area contributed by atoms with E-state index < -0.39 is 0 Å². The first-order chi connectivity index (χ1) is 10.8. The summed E-state index contributed by atoms with van der Waals surface area (Å²) >= 11 is 3.47. The maximum atomic E-state index is 4.72. The molecule has 22 heavy (non-hydrogen) atoms. The van der Waals surface area contributed by atoms with Crippen molar-refractivity contribution < 1.29 is 0 Å². The minimum Gasteiger partial charge on any atom is -0.368 e. The van der Waals surface area contributed by atoms with Crippen molar-refractivity contribution in [3.63, 3.8) is 0 Å². The lowest BCUT2D eigenvalue weighted by Crippen LogP contribution is -2.43. The molecule has 1 saturated heterocycles. The number of aromatic nitrogens is 2. The molecule has 3 aromatic rings. The van der Waals surface area contributed by atoms with Gasteiger partial charge in [0.1, 0.15) is 5.65 Å². The van der Waals surface area contributed by atoms with Gasteiger partial charge in [0.25, 0.3) is 0 Å². The molecule has 5 heteroatoms. The van der Waals surface area contributed by atoms with Crippen LogP contribution in [0.15, 0.2) is 53.3 Å². The molecular weight excluding hydrogens is 340 g/mol. The van der Waals surface area contributed by atoms with Crippen LogP contribution in [-0.2, 0) is 0 Å². The van der Waals surface area contributed by atoms with E-state index in [0.29, 0.717) is 0 Å². The summed E-state index contributed by atoms with van der Waals surface area (Å²) in [6, 6.07) is 12.5. The van der Waals surface area contributed by atoms with E-state index in [2.05, 4.69) is 67.2 Å². The van der Waals surface area contributed by atoms with Gasteiger partial charge in [-0.15, -0.1) is 0 Å². The molecule has 112 valence electrons. The van der Waals surface area contributed by atoms with Gasteiger partial charge in [0.2, 0.25) is 0 Å². The molecule has 0 aliphatic carbocycles. The van der Waals surface area contributed by atoms with Crippen molar-refractivity contribution in [2.24, 2.45) is 0 Å². The zero-order chi connectivity index (χ0) is 14.9.